The molecule has 0 aliphatic heterocycles. The fourth-order valence-electron chi connectivity index (χ4n) is 2.80. The minimum Gasteiger partial charge on any atom is -0.497 e. The topological polar surface area (TPSA) is 47.9 Å². The van der Waals surface area contributed by atoms with E-state index in [9.17, 15) is 4.79 Å². The van der Waals surface area contributed by atoms with Gasteiger partial charge in [0.15, 0.2) is 0 Å². The van der Waals surface area contributed by atoms with Gasteiger partial charge in [-0.1, -0.05) is 46.6 Å². The summed E-state index contributed by atoms with van der Waals surface area (Å²) in [6.07, 6.45) is 0.978. The maximum atomic E-state index is 12.1. The Morgan fingerprint density at radius 1 is 1.12 bits per heavy atom. The summed E-state index contributed by atoms with van der Waals surface area (Å²) in [5, 5.41) is 4.47. The van der Waals surface area contributed by atoms with E-state index < -0.39 is 5.97 Å². The van der Waals surface area contributed by atoms with Gasteiger partial charge in [0.05, 0.1) is 28.4 Å². The zero-order valence-corrected chi connectivity index (χ0v) is 15.3. The van der Waals surface area contributed by atoms with Crippen LogP contribution in [0.4, 0.5) is 0 Å². The molecule has 3 rings (SSSR count). The van der Waals surface area contributed by atoms with E-state index in [1.807, 2.05) is 31.2 Å². The highest BCUT2D eigenvalue weighted by molar-refractivity contribution is 6.39. The molecule has 1 aliphatic rings. The molecule has 2 aromatic carbocycles. The van der Waals surface area contributed by atoms with Gasteiger partial charge in [-0.05, 0) is 49.1 Å². The lowest BCUT2D eigenvalue weighted by Gasteiger charge is -2.05. The Hall–Kier alpha value is -2.04. The van der Waals surface area contributed by atoms with Gasteiger partial charge in [-0.3, -0.25) is 0 Å². The molecular formula is C19H17Cl2NO3. The lowest BCUT2D eigenvalue weighted by Crippen LogP contribution is -2.06. The van der Waals surface area contributed by atoms with Gasteiger partial charge in [0.1, 0.15) is 5.75 Å². The molecule has 2 aromatic rings. The number of hydrogen-bond donors (Lipinski definition) is 0. The third kappa shape index (κ3) is 3.97. The van der Waals surface area contributed by atoms with E-state index in [0.717, 1.165) is 17.9 Å². The first-order chi connectivity index (χ1) is 12.0. The van der Waals surface area contributed by atoms with Gasteiger partial charge in [0, 0.05) is 5.92 Å². The zero-order chi connectivity index (χ0) is 18.0. The Labute approximate surface area is 156 Å². The van der Waals surface area contributed by atoms with Crippen LogP contribution in [0.2, 0.25) is 10.0 Å². The van der Waals surface area contributed by atoms with Gasteiger partial charge in [0.2, 0.25) is 0 Å². The van der Waals surface area contributed by atoms with Crippen LogP contribution in [-0.4, -0.2) is 18.8 Å². The van der Waals surface area contributed by atoms with Crippen molar-refractivity contribution in [3.63, 3.8) is 0 Å². The van der Waals surface area contributed by atoms with Gasteiger partial charge >= 0.3 is 5.97 Å². The maximum Gasteiger partial charge on any atom is 0.368 e. The van der Waals surface area contributed by atoms with Crippen molar-refractivity contribution in [1.29, 1.82) is 0 Å². The van der Waals surface area contributed by atoms with Gasteiger partial charge in [0.25, 0.3) is 0 Å². The standard InChI is InChI=1S/C19H17Cl2NO3/c1-11(14-10-15(14)12-6-8-13(24-2)9-7-12)22-25-19(23)18-16(20)4-3-5-17(18)21/h3-9,14-15H,10H2,1-2H3/t14-,15+/m1/s1. The Morgan fingerprint density at radius 2 is 1.76 bits per heavy atom. The van der Waals surface area contributed by atoms with Crippen molar-refractivity contribution in [3.8, 4) is 5.75 Å². The number of methoxy groups -OCH3 is 1. The molecule has 0 unspecified atom stereocenters. The molecule has 1 fully saturated rings. The van der Waals surface area contributed by atoms with E-state index in [-0.39, 0.29) is 21.5 Å². The van der Waals surface area contributed by atoms with Crippen LogP contribution in [0.3, 0.4) is 0 Å². The van der Waals surface area contributed by atoms with Crippen molar-refractivity contribution in [2.75, 3.05) is 7.11 Å². The monoisotopic (exact) mass is 377 g/mol. The summed E-state index contributed by atoms with van der Waals surface area (Å²) < 4.78 is 5.17. The third-order valence-corrected chi connectivity index (χ3v) is 4.94. The Morgan fingerprint density at radius 3 is 2.36 bits per heavy atom. The van der Waals surface area contributed by atoms with Crippen molar-refractivity contribution in [1.82, 2.24) is 0 Å². The number of halogens is 2. The summed E-state index contributed by atoms with van der Waals surface area (Å²) in [6, 6.07) is 12.8. The van der Waals surface area contributed by atoms with E-state index in [1.165, 1.54) is 5.56 Å². The summed E-state index contributed by atoms with van der Waals surface area (Å²) >= 11 is 12.0. The summed E-state index contributed by atoms with van der Waals surface area (Å²) in [4.78, 5) is 17.2. The molecular weight excluding hydrogens is 361 g/mol. The minimum atomic E-state index is -0.656. The first kappa shape index (κ1) is 17.8. The smallest absolute Gasteiger partial charge is 0.368 e. The molecule has 2 atom stereocenters. The van der Waals surface area contributed by atoms with Crippen LogP contribution in [0.5, 0.6) is 5.75 Å². The summed E-state index contributed by atoms with van der Waals surface area (Å²) in [7, 11) is 1.64. The van der Waals surface area contributed by atoms with E-state index >= 15 is 0 Å². The average molecular weight is 378 g/mol. The number of carbonyl (C=O) groups excluding carboxylic acids is 1. The number of hydrogen-bond acceptors (Lipinski definition) is 4. The summed E-state index contributed by atoms with van der Waals surface area (Å²) in [5.41, 5.74) is 2.13. The molecule has 1 aliphatic carbocycles. The molecule has 0 spiro atoms. The van der Waals surface area contributed by atoms with E-state index in [0.29, 0.717) is 5.92 Å². The second-order valence-corrected chi connectivity index (χ2v) is 6.74. The van der Waals surface area contributed by atoms with Gasteiger partial charge in [-0.15, -0.1) is 0 Å². The highest BCUT2D eigenvalue weighted by Gasteiger charge is 2.41. The largest absolute Gasteiger partial charge is 0.497 e. The normalized spacial score (nSPS) is 19.4. The Kier molecular flexibility index (Phi) is 5.30. The van der Waals surface area contributed by atoms with Crippen LogP contribution in [0.15, 0.2) is 47.6 Å². The molecule has 130 valence electrons. The van der Waals surface area contributed by atoms with Crippen molar-refractivity contribution < 1.29 is 14.4 Å². The molecule has 0 saturated heterocycles. The number of rotatable bonds is 5. The highest BCUT2D eigenvalue weighted by Crippen LogP contribution is 2.48. The van der Waals surface area contributed by atoms with Gasteiger partial charge in [-0.2, -0.15) is 0 Å². The molecule has 25 heavy (non-hydrogen) atoms. The molecule has 0 heterocycles. The van der Waals surface area contributed by atoms with Crippen molar-refractivity contribution in [2.24, 2.45) is 11.1 Å². The summed E-state index contributed by atoms with van der Waals surface area (Å²) in [6.45, 7) is 1.86. The Balaban J connectivity index is 1.64. The van der Waals surface area contributed by atoms with Crippen LogP contribution in [0.25, 0.3) is 0 Å². The minimum absolute atomic E-state index is 0.130. The number of oxime groups is 1. The third-order valence-electron chi connectivity index (χ3n) is 4.31. The summed E-state index contributed by atoms with van der Waals surface area (Å²) in [5.74, 6) is 0.827. The fraction of sp³-hybridized carbons (Fsp3) is 0.263. The number of carbonyl (C=O) groups is 1. The second kappa shape index (κ2) is 7.46. The quantitative estimate of drug-likeness (QED) is 0.401. The van der Waals surface area contributed by atoms with Crippen LogP contribution in [0, 0.1) is 5.92 Å². The average Bonchev–Trinajstić information content (AvgIpc) is 3.40. The number of ether oxygens (including phenoxy) is 1. The van der Waals surface area contributed by atoms with Gasteiger partial charge in [-0.25, -0.2) is 4.79 Å². The lowest BCUT2D eigenvalue weighted by molar-refractivity contribution is 0.0515. The van der Waals surface area contributed by atoms with Crippen molar-refractivity contribution in [3.05, 3.63) is 63.6 Å². The lowest BCUT2D eigenvalue weighted by atomic mass is 10.1. The zero-order valence-electron chi connectivity index (χ0n) is 13.8. The van der Waals surface area contributed by atoms with Crippen LogP contribution in [0.1, 0.15) is 35.2 Å². The highest BCUT2D eigenvalue weighted by atomic mass is 35.5. The van der Waals surface area contributed by atoms with Gasteiger partial charge < -0.3 is 9.57 Å². The van der Waals surface area contributed by atoms with Crippen molar-refractivity contribution >= 4 is 34.9 Å². The number of benzene rings is 2. The molecule has 0 amide bonds. The molecule has 0 bridgehead atoms. The Bertz CT molecular complexity index is 798. The molecule has 0 aromatic heterocycles. The van der Waals surface area contributed by atoms with Crippen molar-refractivity contribution in [2.45, 2.75) is 19.3 Å². The molecule has 1 saturated carbocycles. The van der Waals surface area contributed by atoms with Crippen LogP contribution >= 0.6 is 23.2 Å². The SMILES string of the molecule is COc1ccc([C@@H]2C[C@@H]2C(C)=NOC(=O)c2c(Cl)cccc2Cl)cc1. The fourth-order valence-corrected chi connectivity index (χ4v) is 3.35. The predicted molar refractivity (Wildman–Crippen MR) is 98.8 cm³/mol. The first-order valence-corrected chi connectivity index (χ1v) is 8.60. The molecule has 4 nitrogen and oxygen atoms in total. The molecule has 0 N–H and O–H groups in total. The number of nitrogens with zero attached hydrogens (tertiary/aromatic N) is 1. The maximum absolute atomic E-state index is 12.1. The van der Waals surface area contributed by atoms with Crippen LogP contribution in [-0.2, 0) is 4.84 Å². The first-order valence-electron chi connectivity index (χ1n) is 7.85. The second-order valence-electron chi connectivity index (χ2n) is 5.93. The van der Waals surface area contributed by atoms with E-state index in [4.69, 9.17) is 32.8 Å². The molecule has 0 radical (unpaired) electrons. The van der Waals surface area contributed by atoms with E-state index in [2.05, 4.69) is 5.16 Å². The van der Waals surface area contributed by atoms with E-state index in [1.54, 1.807) is 25.3 Å². The predicted octanol–water partition coefficient (Wildman–Crippen LogP) is 5.34. The molecule has 6 heteroatoms. The van der Waals surface area contributed by atoms with Crippen LogP contribution < -0.4 is 4.74 Å².